The maximum atomic E-state index is 13.0. The average Bonchev–Trinajstić information content (AvgIpc) is 3.14. The number of nitrogens with zero attached hydrogens (tertiary/aromatic N) is 1. The Balaban J connectivity index is 1.57. The van der Waals surface area contributed by atoms with Crippen LogP contribution in [0.25, 0.3) is 0 Å². The van der Waals surface area contributed by atoms with E-state index in [9.17, 15) is 17.6 Å². The molecule has 0 bridgehead atoms. The van der Waals surface area contributed by atoms with Gasteiger partial charge < -0.3 is 5.32 Å². The van der Waals surface area contributed by atoms with E-state index < -0.39 is 15.8 Å². The van der Waals surface area contributed by atoms with E-state index in [1.165, 1.54) is 12.1 Å². The molecule has 0 fully saturated rings. The van der Waals surface area contributed by atoms with Crippen LogP contribution in [0.5, 0.6) is 0 Å². The van der Waals surface area contributed by atoms with Gasteiger partial charge in [0.25, 0.3) is 10.0 Å². The van der Waals surface area contributed by atoms with Gasteiger partial charge in [-0.25, -0.2) is 17.8 Å². The summed E-state index contributed by atoms with van der Waals surface area (Å²) in [7, 11) is -3.85. The van der Waals surface area contributed by atoms with Crippen molar-refractivity contribution in [2.45, 2.75) is 22.6 Å². The number of hydrogen-bond acceptors (Lipinski definition) is 6. The monoisotopic (exact) mass is 451 g/mol. The first kappa shape index (κ1) is 21.3. The lowest BCUT2D eigenvalue weighted by Crippen LogP contribution is -2.14. The van der Waals surface area contributed by atoms with Crippen molar-refractivity contribution in [1.29, 1.82) is 0 Å². The first-order valence-electron chi connectivity index (χ1n) is 8.53. The standard InChI is InChI=1S/C19H18FN3O3S3/c1-27-17-5-3-2-4-16(17)22-18(24)11-8-14-12-28-19(21-14)23-29(25,26)15-9-6-13(20)7-10-15/h2-7,9-10,12H,8,11H2,1H3,(H,21,23)(H,22,24). The number of aryl methyl sites for hydroxylation is 1. The maximum Gasteiger partial charge on any atom is 0.263 e. The normalized spacial score (nSPS) is 11.2. The second-order valence-corrected chi connectivity index (χ2v) is 9.34. The summed E-state index contributed by atoms with van der Waals surface area (Å²) in [5, 5.41) is 4.77. The van der Waals surface area contributed by atoms with Crippen molar-refractivity contribution in [2.24, 2.45) is 0 Å². The van der Waals surface area contributed by atoms with Crippen LogP contribution in [0.2, 0.25) is 0 Å². The van der Waals surface area contributed by atoms with E-state index in [-0.39, 0.29) is 22.4 Å². The molecular formula is C19H18FN3O3S3. The first-order valence-corrected chi connectivity index (χ1v) is 12.1. The number of nitrogens with one attached hydrogen (secondary N) is 2. The minimum atomic E-state index is -3.85. The van der Waals surface area contributed by atoms with Gasteiger partial charge in [0.05, 0.1) is 16.3 Å². The van der Waals surface area contributed by atoms with Crippen LogP contribution in [0.1, 0.15) is 12.1 Å². The number of halogens is 1. The molecule has 6 nitrogen and oxygen atoms in total. The maximum absolute atomic E-state index is 13.0. The molecule has 0 saturated heterocycles. The van der Waals surface area contributed by atoms with Crippen LogP contribution in [0.4, 0.5) is 15.2 Å². The molecule has 2 aromatic carbocycles. The fraction of sp³-hybridized carbons (Fsp3) is 0.158. The number of sulfonamides is 1. The molecule has 0 aliphatic heterocycles. The van der Waals surface area contributed by atoms with Gasteiger partial charge in [-0.3, -0.25) is 9.52 Å². The Kier molecular flexibility index (Phi) is 6.88. The summed E-state index contributed by atoms with van der Waals surface area (Å²) in [6, 6.07) is 12.1. The molecule has 2 N–H and O–H groups in total. The predicted octanol–water partition coefficient (Wildman–Crippen LogP) is 4.38. The van der Waals surface area contributed by atoms with Crippen molar-refractivity contribution in [2.75, 3.05) is 16.3 Å². The van der Waals surface area contributed by atoms with Crippen molar-refractivity contribution in [3.63, 3.8) is 0 Å². The number of carbonyl (C=O) groups is 1. The molecule has 1 heterocycles. The summed E-state index contributed by atoms with van der Waals surface area (Å²) >= 11 is 2.67. The van der Waals surface area contributed by atoms with Gasteiger partial charge >= 0.3 is 0 Å². The highest BCUT2D eigenvalue weighted by Crippen LogP contribution is 2.25. The molecule has 0 saturated carbocycles. The topological polar surface area (TPSA) is 88.2 Å². The fourth-order valence-electron chi connectivity index (χ4n) is 2.46. The Morgan fingerprint density at radius 1 is 1.17 bits per heavy atom. The largest absolute Gasteiger partial charge is 0.325 e. The zero-order valence-electron chi connectivity index (χ0n) is 15.4. The van der Waals surface area contributed by atoms with Gasteiger partial charge in [0.2, 0.25) is 5.91 Å². The lowest BCUT2D eigenvalue weighted by atomic mass is 10.2. The molecule has 0 aliphatic rings. The number of anilines is 2. The highest BCUT2D eigenvalue weighted by atomic mass is 32.2. The van der Waals surface area contributed by atoms with Gasteiger partial charge in [0.15, 0.2) is 5.13 Å². The van der Waals surface area contributed by atoms with Crippen LogP contribution in [0.15, 0.2) is 63.7 Å². The molecule has 0 aliphatic carbocycles. The van der Waals surface area contributed by atoms with Crippen molar-refractivity contribution in [3.8, 4) is 0 Å². The van der Waals surface area contributed by atoms with Gasteiger partial charge in [-0.15, -0.1) is 23.1 Å². The summed E-state index contributed by atoms with van der Waals surface area (Å²) < 4.78 is 40.0. The van der Waals surface area contributed by atoms with Crippen LogP contribution in [0.3, 0.4) is 0 Å². The third-order valence-electron chi connectivity index (χ3n) is 3.89. The van der Waals surface area contributed by atoms with E-state index >= 15 is 0 Å². The Morgan fingerprint density at radius 2 is 1.90 bits per heavy atom. The van der Waals surface area contributed by atoms with Crippen molar-refractivity contribution in [1.82, 2.24) is 4.98 Å². The molecule has 0 spiro atoms. The first-order chi connectivity index (χ1) is 13.9. The van der Waals surface area contributed by atoms with E-state index in [1.807, 2.05) is 30.5 Å². The molecule has 3 aromatic rings. The van der Waals surface area contributed by atoms with E-state index in [1.54, 1.807) is 17.1 Å². The lowest BCUT2D eigenvalue weighted by Gasteiger charge is -2.08. The average molecular weight is 452 g/mol. The van der Waals surface area contributed by atoms with Gasteiger partial charge in [0, 0.05) is 16.7 Å². The number of rotatable bonds is 8. The van der Waals surface area contributed by atoms with Crippen molar-refractivity contribution >= 4 is 49.8 Å². The number of carbonyl (C=O) groups excluding carboxylic acids is 1. The Hall–Kier alpha value is -2.43. The molecule has 152 valence electrons. The number of amides is 1. The van der Waals surface area contributed by atoms with Crippen LogP contribution < -0.4 is 10.0 Å². The quantitative estimate of drug-likeness (QED) is 0.497. The predicted molar refractivity (Wildman–Crippen MR) is 114 cm³/mol. The summed E-state index contributed by atoms with van der Waals surface area (Å²) in [5.74, 6) is -0.660. The smallest absolute Gasteiger partial charge is 0.263 e. The van der Waals surface area contributed by atoms with E-state index in [0.717, 1.165) is 34.1 Å². The number of para-hydroxylation sites is 1. The Labute approximate surface area is 176 Å². The molecule has 29 heavy (non-hydrogen) atoms. The number of thioether (sulfide) groups is 1. The van der Waals surface area contributed by atoms with Crippen LogP contribution >= 0.6 is 23.1 Å². The fourth-order valence-corrected chi connectivity index (χ4v) is 5.01. The SMILES string of the molecule is CSc1ccccc1NC(=O)CCc1csc(NS(=O)(=O)c2ccc(F)cc2)n1. The second-order valence-electron chi connectivity index (χ2n) is 5.95. The van der Waals surface area contributed by atoms with Crippen molar-refractivity contribution in [3.05, 3.63) is 65.4 Å². The Morgan fingerprint density at radius 3 is 2.62 bits per heavy atom. The number of thiazole rings is 1. The molecule has 3 rings (SSSR count). The summed E-state index contributed by atoms with van der Waals surface area (Å²) in [4.78, 5) is 17.4. The lowest BCUT2D eigenvalue weighted by molar-refractivity contribution is -0.116. The molecule has 0 radical (unpaired) electrons. The second kappa shape index (κ2) is 9.38. The van der Waals surface area contributed by atoms with E-state index in [0.29, 0.717) is 12.1 Å². The minimum absolute atomic E-state index is 0.0533. The molecule has 1 aromatic heterocycles. The van der Waals surface area contributed by atoms with Crippen LogP contribution in [-0.2, 0) is 21.2 Å². The Bertz CT molecular complexity index is 1100. The zero-order valence-corrected chi connectivity index (χ0v) is 17.8. The molecule has 1 amide bonds. The van der Waals surface area contributed by atoms with Crippen molar-refractivity contribution < 1.29 is 17.6 Å². The summed E-state index contributed by atoms with van der Waals surface area (Å²) in [6.45, 7) is 0. The zero-order chi connectivity index (χ0) is 20.9. The number of benzene rings is 2. The van der Waals surface area contributed by atoms with E-state index in [2.05, 4.69) is 15.0 Å². The van der Waals surface area contributed by atoms with Gasteiger partial charge in [0.1, 0.15) is 5.82 Å². The molecule has 0 unspecified atom stereocenters. The minimum Gasteiger partial charge on any atom is -0.325 e. The third-order valence-corrected chi connectivity index (χ3v) is 6.97. The van der Waals surface area contributed by atoms with Gasteiger partial charge in [-0.05, 0) is 49.1 Å². The van der Waals surface area contributed by atoms with Gasteiger partial charge in [-0.2, -0.15) is 0 Å². The number of aromatic nitrogens is 1. The molecule has 10 heteroatoms. The molecule has 0 atom stereocenters. The summed E-state index contributed by atoms with van der Waals surface area (Å²) in [6.07, 6.45) is 2.54. The summed E-state index contributed by atoms with van der Waals surface area (Å²) in [5.41, 5.74) is 1.37. The van der Waals surface area contributed by atoms with Crippen LogP contribution in [-0.4, -0.2) is 25.6 Å². The highest BCUT2D eigenvalue weighted by Gasteiger charge is 2.16. The third kappa shape index (κ3) is 5.78. The van der Waals surface area contributed by atoms with Gasteiger partial charge in [-0.1, -0.05) is 12.1 Å². The highest BCUT2D eigenvalue weighted by molar-refractivity contribution is 7.98. The number of hydrogen-bond donors (Lipinski definition) is 2. The van der Waals surface area contributed by atoms with Crippen LogP contribution in [0, 0.1) is 5.82 Å². The molecular weight excluding hydrogens is 433 g/mol. The van der Waals surface area contributed by atoms with E-state index in [4.69, 9.17) is 0 Å².